The fraction of sp³-hybridized carbons (Fsp3) is 0.333. The molecule has 0 spiro atoms. The van der Waals surface area contributed by atoms with Gasteiger partial charge in [-0.25, -0.2) is 4.98 Å². The molecule has 5 heteroatoms. The Morgan fingerprint density at radius 1 is 1.10 bits per heavy atom. The summed E-state index contributed by atoms with van der Waals surface area (Å²) in [6.45, 7) is 2.57. The Hall–Kier alpha value is -1.98. The van der Waals surface area contributed by atoms with Crippen molar-refractivity contribution in [2.75, 3.05) is 20.3 Å². The first-order valence-corrected chi connectivity index (χ1v) is 6.38. The van der Waals surface area contributed by atoms with Gasteiger partial charge in [-0.2, -0.15) is 0 Å². The summed E-state index contributed by atoms with van der Waals surface area (Å²) < 4.78 is 10.4. The summed E-state index contributed by atoms with van der Waals surface area (Å²) in [5, 5.41) is 10.6. The number of ether oxygens (including phenoxy) is 2. The first-order chi connectivity index (χ1) is 9.64. The van der Waals surface area contributed by atoms with Gasteiger partial charge >= 0.3 is 0 Å². The quantitative estimate of drug-likeness (QED) is 0.813. The van der Waals surface area contributed by atoms with Crippen LogP contribution >= 0.6 is 0 Å². The second-order valence-corrected chi connectivity index (χ2v) is 4.49. The molecule has 0 aromatic carbocycles. The standard InChI is InChI=1S/C15H18N2O3/c1-15(18,12-6-3-4-9-16-12)13-7-5-8-14(17-13)20-11-10-19-2/h3-9,18H,10-11H2,1-2H3. The Kier molecular flexibility index (Phi) is 4.65. The van der Waals surface area contributed by atoms with Crippen molar-refractivity contribution in [3.05, 3.63) is 54.0 Å². The number of aliphatic hydroxyl groups is 1. The van der Waals surface area contributed by atoms with E-state index in [4.69, 9.17) is 9.47 Å². The molecule has 1 atom stereocenters. The minimum Gasteiger partial charge on any atom is -0.475 e. The highest BCUT2D eigenvalue weighted by Crippen LogP contribution is 2.26. The molecule has 2 heterocycles. The number of hydrogen-bond donors (Lipinski definition) is 1. The summed E-state index contributed by atoms with van der Waals surface area (Å²) in [6, 6.07) is 10.7. The molecule has 0 aliphatic heterocycles. The maximum Gasteiger partial charge on any atom is 0.213 e. The topological polar surface area (TPSA) is 64.5 Å². The average Bonchev–Trinajstić information content (AvgIpc) is 2.49. The van der Waals surface area contributed by atoms with E-state index in [1.807, 2.05) is 6.07 Å². The molecule has 0 radical (unpaired) electrons. The van der Waals surface area contributed by atoms with Crippen molar-refractivity contribution < 1.29 is 14.6 Å². The van der Waals surface area contributed by atoms with Crippen molar-refractivity contribution in [3.63, 3.8) is 0 Å². The van der Waals surface area contributed by atoms with Gasteiger partial charge in [0.1, 0.15) is 12.2 Å². The molecule has 0 amide bonds. The molecule has 20 heavy (non-hydrogen) atoms. The van der Waals surface area contributed by atoms with E-state index in [1.165, 1.54) is 0 Å². The van der Waals surface area contributed by atoms with Gasteiger partial charge in [-0.1, -0.05) is 12.1 Å². The maximum atomic E-state index is 10.6. The molecule has 2 aromatic rings. The third-order valence-corrected chi connectivity index (χ3v) is 2.92. The highest BCUT2D eigenvalue weighted by Gasteiger charge is 2.28. The lowest BCUT2D eigenvalue weighted by molar-refractivity contribution is 0.0908. The van der Waals surface area contributed by atoms with Gasteiger partial charge in [-0.05, 0) is 25.1 Å². The Bertz CT molecular complexity index is 544. The third-order valence-electron chi connectivity index (χ3n) is 2.92. The normalized spacial score (nSPS) is 13.8. The van der Waals surface area contributed by atoms with Crippen molar-refractivity contribution in [2.45, 2.75) is 12.5 Å². The summed E-state index contributed by atoms with van der Waals surface area (Å²) >= 11 is 0. The zero-order chi connectivity index (χ0) is 14.4. The summed E-state index contributed by atoms with van der Waals surface area (Å²) in [7, 11) is 1.61. The van der Waals surface area contributed by atoms with Gasteiger partial charge in [-0.15, -0.1) is 0 Å². The van der Waals surface area contributed by atoms with Gasteiger partial charge in [0.25, 0.3) is 0 Å². The van der Waals surface area contributed by atoms with Gasteiger partial charge < -0.3 is 14.6 Å². The van der Waals surface area contributed by atoms with E-state index in [2.05, 4.69) is 9.97 Å². The summed E-state index contributed by atoms with van der Waals surface area (Å²) in [4.78, 5) is 8.51. The molecule has 0 aliphatic carbocycles. The van der Waals surface area contributed by atoms with E-state index in [-0.39, 0.29) is 0 Å². The highest BCUT2D eigenvalue weighted by molar-refractivity contribution is 5.28. The SMILES string of the molecule is COCCOc1cccc(C(C)(O)c2ccccn2)n1. The third kappa shape index (κ3) is 3.31. The van der Waals surface area contributed by atoms with Crippen LogP contribution in [0.4, 0.5) is 0 Å². The number of aromatic nitrogens is 2. The van der Waals surface area contributed by atoms with Crippen LogP contribution in [-0.2, 0) is 10.3 Å². The molecule has 0 fully saturated rings. The Balaban J connectivity index is 2.21. The molecule has 0 aliphatic rings. The summed E-state index contributed by atoms with van der Waals surface area (Å²) in [5.74, 6) is 0.454. The van der Waals surface area contributed by atoms with Gasteiger partial charge in [0.05, 0.1) is 18.0 Å². The molecule has 0 bridgehead atoms. The highest BCUT2D eigenvalue weighted by atomic mass is 16.5. The van der Waals surface area contributed by atoms with Crippen molar-refractivity contribution in [1.82, 2.24) is 9.97 Å². The molecular weight excluding hydrogens is 256 g/mol. The van der Waals surface area contributed by atoms with Crippen LogP contribution in [0.5, 0.6) is 5.88 Å². The number of nitrogens with zero attached hydrogens (tertiary/aromatic N) is 2. The Morgan fingerprint density at radius 3 is 2.60 bits per heavy atom. The van der Waals surface area contributed by atoms with Crippen molar-refractivity contribution in [3.8, 4) is 5.88 Å². The van der Waals surface area contributed by atoms with Gasteiger partial charge in [0, 0.05) is 19.4 Å². The monoisotopic (exact) mass is 274 g/mol. The summed E-state index contributed by atoms with van der Waals surface area (Å²) in [5.41, 5.74) is -0.227. The zero-order valence-corrected chi connectivity index (χ0v) is 11.6. The Labute approximate surface area is 118 Å². The van der Waals surface area contributed by atoms with Crippen LogP contribution in [0.25, 0.3) is 0 Å². The van der Waals surface area contributed by atoms with Crippen molar-refractivity contribution in [1.29, 1.82) is 0 Å². The zero-order valence-electron chi connectivity index (χ0n) is 11.6. The molecule has 2 aromatic heterocycles. The first-order valence-electron chi connectivity index (χ1n) is 6.38. The van der Waals surface area contributed by atoms with Crippen molar-refractivity contribution >= 4 is 0 Å². The summed E-state index contributed by atoms with van der Waals surface area (Å²) in [6.07, 6.45) is 1.64. The lowest BCUT2D eigenvalue weighted by atomic mass is 9.97. The predicted molar refractivity (Wildman–Crippen MR) is 74.5 cm³/mol. The van der Waals surface area contributed by atoms with E-state index in [0.29, 0.717) is 30.5 Å². The molecule has 2 rings (SSSR count). The molecule has 0 saturated carbocycles. The molecule has 106 valence electrons. The van der Waals surface area contributed by atoms with Gasteiger partial charge in [-0.3, -0.25) is 4.98 Å². The number of pyridine rings is 2. The second kappa shape index (κ2) is 6.45. The smallest absolute Gasteiger partial charge is 0.213 e. The largest absolute Gasteiger partial charge is 0.475 e. The van der Waals surface area contributed by atoms with Crippen LogP contribution in [0.1, 0.15) is 18.3 Å². The fourth-order valence-electron chi connectivity index (χ4n) is 1.78. The van der Waals surface area contributed by atoms with E-state index >= 15 is 0 Å². The van der Waals surface area contributed by atoms with Crippen LogP contribution in [0.15, 0.2) is 42.6 Å². The molecule has 0 saturated heterocycles. The number of hydrogen-bond acceptors (Lipinski definition) is 5. The second-order valence-electron chi connectivity index (χ2n) is 4.49. The van der Waals surface area contributed by atoms with Crippen molar-refractivity contribution in [2.24, 2.45) is 0 Å². The van der Waals surface area contributed by atoms with Gasteiger partial charge in [0.2, 0.25) is 5.88 Å². The van der Waals surface area contributed by atoms with E-state index in [0.717, 1.165) is 0 Å². The molecule has 1 N–H and O–H groups in total. The van der Waals surface area contributed by atoms with Crippen LogP contribution in [0.3, 0.4) is 0 Å². The predicted octanol–water partition coefficient (Wildman–Crippen LogP) is 1.76. The van der Waals surface area contributed by atoms with Crippen LogP contribution < -0.4 is 4.74 Å². The minimum atomic E-state index is -1.26. The van der Waals surface area contributed by atoms with Crippen LogP contribution in [0.2, 0.25) is 0 Å². The van der Waals surface area contributed by atoms with E-state index < -0.39 is 5.60 Å². The average molecular weight is 274 g/mol. The van der Waals surface area contributed by atoms with Crippen LogP contribution in [-0.4, -0.2) is 35.4 Å². The Morgan fingerprint density at radius 2 is 1.90 bits per heavy atom. The van der Waals surface area contributed by atoms with E-state index in [1.54, 1.807) is 50.6 Å². The minimum absolute atomic E-state index is 0.415. The number of methoxy groups -OCH3 is 1. The van der Waals surface area contributed by atoms with E-state index in [9.17, 15) is 5.11 Å². The molecule has 1 unspecified atom stereocenters. The number of rotatable bonds is 6. The lowest BCUT2D eigenvalue weighted by Gasteiger charge is -2.22. The lowest BCUT2D eigenvalue weighted by Crippen LogP contribution is -2.25. The fourth-order valence-corrected chi connectivity index (χ4v) is 1.78. The molecular formula is C15H18N2O3. The maximum absolute atomic E-state index is 10.6. The van der Waals surface area contributed by atoms with Crippen LogP contribution in [0, 0.1) is 0 Å². The van der Waals surface area contributed by atoms with Gasteiger partial charge in [0.15, 0.2) is 0 Å². The molecule has 5 nitrogen and oxygen atoms in total. The first kappa shape index (κ1) is 14.4.